The second-order valence-corrected chi connectivity index (χ2v) is 3.24. The molecule has 0 saturated carbocycles. The monoisotopic (exact) mass is 184 g/mol. The van der Waals surface area contributed by atoms with Crippen LogP contribution in [0.2, 0.25) is 0 Å². The molecule has 0 spiro atoms. The van der Waals surface area contributed by atoms with Gasteiger partial charge in [0.25, 0.3) is 0 Å². The SMILES string of the molecule is C=CCC(C)C(=O)C(=O)OC(C)C. The van der Waals surface area contributed by atoms with Crippen LogP contribution in [0.1, 0.15) is 27.2 Å². The average Bonchev–Trinajstić information content (AvgIpc) is 2.02. The van der Waals surface area contributed by atoms with Crippen LogP contribution in [0.3, 0.4) is 0 Å². The van der Waals surface area contributed by atoms with Crippen LogP contribution >= 0.6 is 0 Å². The van der Waals surface area contributed by atoms with Gasteiger partial charge in [0.1, 0.15) is 0 Å². The molecule has 0 heterocycles. The van der Waals surface area contributed by atoms with E-state index in [4.69, 9.17) is 4.74 Å². The summed E-state index contributed by atoms with van der Waals surface area (Å²) in [5.74, 6) is -1.55. The number of carbonyl (C=O) groups is 2. The van der Waals surface area contributed by atoms with E-state index in [1.807, 2.05) is 0 Å². The number of carbonyl (C=O) groups excluding carboxylic acids is 2. The highest BCUT2D eigenvalue weighted by Gasteiger charge is 2.22. The van der Waals surface area contributed by atoms with Crippen molar-refractivity contribution in [1.82, 2.24) is 0 Å². The van der Waals surface area contributed by atoms with Gasteiger partial charge in [-0.1, -0.05) is 13.0 Å². The van der Waals surface area contributed by atoms with Gasteiger partial charge in [-0.25, -0.2) is 4.79 Å². The Morgan fingerprint density at radius 3 is 2.31 bits per heavy atom. The summed E-state index contributed by atoms with van der Waals surface area (Å²) in [5, 5.41) is 0. The van der Waals surface area contributed by atoms with Crippen LogP contribution in [0, 0.1) is 5.92 Å². The topological polar surface area (TPSA) is 43.4 Å². The van der Waals surface area contributed by atoms with Crippen molar-refractivity contribution >= 4 is 11.8 Å². The van der Waals surface area contributed by atoms with E-state index in [2.05, 4.69) is 6.58 Å². The van der Waals surface area contributed by atoms with Gasteiger partial charge in [0.05, 0.1) is 6.10 Å². The van der Waals surface area contributed by atoms with E-state index in [1.54, 1.807) is 26.8 Å². The summed E-state index contributed by atoms with van der Waals surface area (Å²) >= 11 is 0. The van der Waals surface area contributed by atoms with E-state index >= 15 is 0 Å². The predicted octanol–water partition coefficient (Wildman–Crippen LogP) is 1.72. The third kappa shape index (κ3) is 4.45. The van der Waals surface area contributed by atoms with Crippen LogP contribution in [-0.2, 0) is 14.3 Å². The normalized spacial score (nSPS) is 12.3. The first-order valence-electron chi connectivity index (χ1n) is 4.34. The van der Waals surface area contributed by atoms with Crippen LogP contribution in [0.15, 0.2) is 12.7 Å². The van der Waals surface area contributed by atoms with Crippen LogP contribution in [0.5, 0.6) is 0 Å². The second-order valence-electron chi connectivity index (χ2n) is 3.24. The van der Waals surface area contributed by atoms with Crippen molar-refractivity contribution < 1.29 is 14.3 Å². The van der Waals surface area contributed by atoms with Gasteiger partial charge in [-0.05, 0) is 20.3 Å². The minimum absolute atomic E-state index is 0.243. The molecule has 0 aliphatic rings. The van der Waals surface area contributed by atoms with Crippen LogP contribution in [0.25, 0.3) is 0 Å². The summed E-state index contributed by atoms with van der Waals surface area (Å²) in [4.78, 5) is 22.3. The Bertz CT molecular complexity index is 206. The highest BCUT2D eigenvalue weighted by atomic mass is 16.5. The average molecular weight is 184 g/mol. The number of Topliss-reactive ketones (excluding diaryl/α,β-unsaturated/α-hetero) is 1. The Morgan fingerprint density at radius 1 is 1.38 bits per heavy atom. The summed E-state index contributed by atoms with van der Waals surface area (Å²) in [5.41, 5.74) is 0. The zero-order valence-corrected chi connectivity index (χ0v) is 8.37. The molecule has 1 unspecified atom stereocenters. The molecule has 0 aromatic carbocycles. The lowest BCUT2D eigenvalue weighted by molar-refractivity contribution is -0.158. The molecule has 0 amide bonds. The van der Waals surface area contributed by atoms with Crippen molar-refractivity contribution in [2.45, 2.75) is 33.3 Å². The maximum absolute atomic E-state index is 11.2. The maximum atomic E-state index is 11.2. The number of rotatable bonds is 5. The zero-order valence-electron chi connectivity index (χ0n) is 8.37. The Morgan fingerprint density at radius 2 is 1.92 bits per heavy atom. The maximum Gasteiger partial charge on any atom is 0.375 e. The standard InChI is InChI=1S/C10H16O3/c1-5-6-8(4)9(11)10(12)13-7(2)3/h5,7-8H,1,6H2,2-4H3. The molecule has 0 aromatic heterocycles. The molecule has 1 atom stereocenters. The van der Waals surface area contributed by atoms with Gasteiger partial charge >= 0.3 is 5.97 Å². The van der Waals surface area contributed by atoms with Gasteiger partial charge in [0, 0.05) is 5.92 Å². The van der Waals surface area contributed by atoms with E-state index in [0.29, 0.717) is 6.42 Å². The molecule has 74 valence electrons. The molecule has 0 N–H and O–H groups in total. The molecule has 0 bridgehead atoms. The Balaban J connectivity index is 4.09. The number of esters is 1. The Labute approximate surface area is 78.8 Å². The Hall–Kier alpha value is -1.12. The summed E-state index contributed by atoms with van der Waals surface area (Å²) in [6, 6.07) is 0. The van der Waals surface area contributed by atoms with Gasteiger partial charge < -0.3 is 4.74 Å². The predicted molar refractivity (Wildman–Crippen MR) is 50.2 cm³/mol. The molecule has 0 aliphatic heterocycles. The summed E-state index contributed by atoms with van der Waals surface area (Å²) in [6.45, 7) is 8.61. The van der Waals surface area contributed by atoms with E-state index in [-0.39, 0.29) is 12.0 Å². The molecule has 0 radical (unpaired) electrons. The van der Waals surface area contributed by atoms with Gasteiger partial charge in [-0.3, -0.25) is 4.79 Å². The van der Waals surface area contributed by atoms with Crippen molar-refractivity contribution in [3.05, 3.63) is 12.7 Å². The van der Waals surface area contributed by atoms with Gasteiger partial charge in [-0.2, -0.15) is 0 Å². The Kier molecular flexibility index (Phi) is 5.04. The largest absolute Gasteiger partial charge is 0.457 e. The van der Waals surface area contributed by atoms with E-state index in [9.17, 15) is 9.59 Å². The van der Waals surface area contributed by atoms with Gasteiger partial charge in [0.15, 0.2) is 0 Å². The van der Waals surface area contributed by atoms with Gasteiger partial charge in [-0.15, -0.1) is 6.58 Å². The smallest absolute Gasteiger partial charge is 0.375 e. The van der Waals surface area contributed by atoms with Crippen molar-refractivity contribution in [3.63, 3.8) is 0 Å². The molecule has 0 aliphatic carbocycles. The van der Waals surface area contributed by atoms with Crippen molar-refractivity contribution in [2.75, 3.05) is 0 Å². The molecular formula is C10H16O3. The summed E-state index contributed by atoms with van der Waals surface area (Å²) < 4.78 is 4.76. The minimum Gasteiger partial charge on any atom is -0.457 e. The number of ketones is 1. The van der Waals surface area contributed by atoms with Crippen LogP contribution in [0.4, 0.5) is 0 Å². The fraction of sp³-hybridized carbons (Fsp3) is 0.600. The van der Waals surface area contributed by atoms with Gasteiger partial charge in [0.2, 0.25) is 5.78 Å². The minimum atomic E-state index is -0.746. The first-order valence-corrected chi connectivity index (χ1v) is 4.34. The third-order valence-electron chi connectivity index (χ3n) is 1.51. The van der Waals surface area contributed by atoms with Crippen molar-refractivity contribution in [2.24, 2.45) is 5.92 Å². The quantitative estimate of drug-likeness (QED) is 0.371. The number of hydrogen-bond donors (Lipinski definition) is 0. The fourth-order valence-corrected chi connectivity index (χ4v) is 0.830. The third-order valence-corrected chi connectivity index (χ3v) is 1.51. The first kappa shape index (κ1) is 11.9. The highest BCUT2D eigenvalue weighted by molar-refractivity contribution is 6.34. The fourth-order valence-electron chi connectivity index (χ4n) is 0.830. The van der Waals surface area contributed by atoms with Crippen LogP contribution in [-0.4, -0.2) is 17.9 Å². The van der Waals surface area contributed by atoms with Crippen LogP contribution < -0.4 is 0 Å². The van der Waals surface area contributed by atoms with Crippen molar-refractivity contribution in [3.8, 4) is 0 Å². The van der Waals surface area contributed by atoms with E-state index < -0.39 is 11.8 Å². The number of allylic oxidation sites excluding steroid dienone is 1. The first-order chi connectivity index (χ1) is 5.99. The lowest BCUT2D eigenvalue weighted by Gasteiger charge is -2.09. The molecule has 3 nitrogen and oxygen atoms in total. The number of hydrogen-bond acceptors (Lipinski definition) is 3. The zero-order chi connectivity index (χ0) is 10.4. The summed E-state index contributed by atoms with van der Waals surface area (Å²) in [7, 11) is 0. The molecular weight excluding hydrogens is 168 g/mol. The van der Waals surface area contributed by atoms with Crippen molar-refractivity contribution in [1.29, 1.82) is 0 Å². The number of ether oxygens (including phenoxy) is 1. The molecule has 13 heavy (non-hydrogen) atoms. The van der Waals surface area contributed by atoms with E-state index in [0.717, 1.165) is 0 Å². The lowest BCUT2D eigenvalue weighted by Crippen LogP contribution is -2.26. The lowest BCUT2D eigenvalue weighted by atomic mass is 10.0. The molecule has 0 rings (SSSR count). The second kappa shape index (κ2) is 5.51. The summed E-state index contributed by atoms with van der Waals surface area (Å²) in [6.07, 6.45) is 1.88. The van der Waals surface area contributed by atoms with E-state index in [1.165, 1.54) is 0 Å². The molecule has 0 saturated heterocycles. The highest BCUT2D eigenvalue weighted by Crippen LogP contribution is 2.05. The molecule has 3 heteroatoms. The molecule has 0 aromatic rings. The molecule has 0 fully saturated rings.